The molecule has 0 unspecified atom stereocenters. The summed E-state index contributed by atoms with van der Waals surface area (Å²) in [7, 11) is 1.65. The number of nitrogens with one attached hydrogen (secondary N) is 1. The molecule has 0 aliphatic heterocycles. The van der Waals surface area contributed by atoms with Crippen molar-refractivity contribution in [1.29, 1.82) is 0 Å². The van der Waals surface area contributed by atoms with Crippen molar-refractivity contribution in [2.75, 3.05) is 7.11 Å². The molecule has 5 nitrogen and oxygen atoms in total. The van der Waals surface area contributed by atoms with Crippen molar-refractivity contribution in [2.45, 2.75) is 19.9 Å². The minimum absolute atomic E-state index is 0.00980. The number of methoxy groups -OCH3 is 1. The number of benzene rings is 1. The van der Waals surface area contributed by atoms with Crippen LogP contribution in [0.2, 0.25) is 0 Å². The molecular weight excluding hydrogens is 280 g/mol. The third-order valence-electron chi connectivity index (χ3n) is 3.90. The van der Waals surface area contributed by atoms with E-state index in [4.69, 9.17) is 4.74 Å². The molecule has 114 valence electrons. The maximum absolute atomic E-state index is 12.0. The zero-order valence-electron chi connectivity index (χ0n) is 12.6. The minimum atomic E-state index is -0.185. The Morgan fingerprint density at radius 1 is 1.27 bits per heavy atom. The average Bonchev–Trinajstić information content (AvgIpc) is 2.88. The van der Waals surface area contributed by atoms with Crippen molar-refractivity contribution in [3.63, 3.8) is 0 Å². The van der Waals surface area contributed by atoms with E-state index in [1.165, 1.54) is 6.07 Å². The lowest BCUT2D eigenvalue weighted by atomic mass is 10.1. The highest BCUT2D eigenvalue weighted by Crippen LogP contribution is 2.24. The van der Waals surface area contributed by atoms with Gasteiger partial charge < -0.3 is 19.4 Å². The number of aromatic hydroxyl groups is 1. The number of aromatic amines is 1. The van der Waals surface area contributed by atoms with E-state index in [2.05, 4.69) is 4.98 Å². The van der Waals surface area contributed by atoms with Gasteiger partial charge in [-0.05, 0) is 43.2 Å². The molecule has 0 aliphatic rings. The predicted octanol–water partition coefficient (Wildman–Crippen LogP) is 2.59. The SMILES string of the molecule is COc1ccc2[nH]cc(CCn3c(C)cc(O)cc3=O)c2c1. The number of H-pyrrole nitrogens is 1. The van der Waals surface area contributed by atoms with E-state index in [1.54, 1.807) is 17.7 Å². The van der Waals surface area contributed by atoms with E-state index in [1.807, 2.05) is 31.3 Å². The summed E-state index contributed by atoms with van der Waals surface area (Å²) in [6, 6.07) is 8.73. The van der Waals surface area contributed by atoms with Gasteiger partial charge in [0.1, 0.15) is 11.5 Å². The van der Waals surface area contributed by atoms with E-state index in [0.29, 0.717) is 6.54 Å². The van der Waals surface area contributed by atoms with Crippen LogP contribution in [-0.4, -0.2) is 21.8 Å². The van der Waals surface area contributed by atoms with E-state index in [0.717, 1.165) is 34.3 Å². The summed E-state index contributed by atoms with van der Waals surface area (Å²) < 4.78 is 6.93. The van der Waals surface area contributed by atoms with Gasteiger partial charge in [0.15, 0.2) is 0 Å². The quantitative estimate of drug-likeness (QED) is 0.778. The molecule has 0 atom stereocenters. The molecule has 1 aromatic carbocycles. The minimum Gasteiger partial charge on any atom is -0.508 e. The first-order valence-electron chi connectivity index (χ1n) is 7.13. The smallest absolute Gasteiger partial charge is 0.254 e. The van der Waals surface area contributed by atoms with Crippen molar-refractivity contribution in [3.05, 3.63) is 58.1 Å². The Balaban J connectivity index is 1.90. The van der Waals surface area contributed by atoms with Crippen LogP contribution < -0.4 is 10.3 Å². The molecular formula is C17H18N2O3. The summed E-state index contributed by atoms with van der Waals surface area (Å²) in [6.07, 6.45) is 2.68. The van der Waals surface area contributed by atoms with Crippen molar-refractivity contribution in [2.24, 2.45) is 0 Å². The third kappa shape index (κ3) is 2.57. The Hall–Kier alpha value is -2.69. The van der Waals surface area contributed by atoms with Crippen LogP contribution in [0.1, 0.15) is 11.3 Å². The highest BCUT2D eigenvalue weighted by atomic mass is 16.5. The molecule has 0 saturated heterocycles. The van der Waals surface area contributed by atoms with Crippen molar-refractivity contribution < 1.29 is 9.84 Å². The van der Waals surface area contributed by atoms with Crippen molar-refractivity contribution >= 4 is 10.9 Å². The first-order valence-corrected chi connectivity index (χ1v) is 7.13. The molecule has 0 aliphatic carbocycles. The fraction of sp³-hybridized carbons (Fsp3) is 0.235. The van der Waals surface area contributed by atoms with E-state index in [9.17, 15) is 9.90 Å². The summed E-state index contributed by atoms with van der Waals surface area (Å²) >= 11 is 0. The lowest BCUT2D eigenvalue weighted by Gasteiger charge is -2.09. The van der Waals surface area contributed by atoms with Crippen LogP contribution >= 0.6 is 0 Å². The summed E-state index contributed by atoms with van der Waals surface area (Å²) in [5.74, 6) is 0.821. The van der Waals surface area contributed by atoms with Crippen LogP contribution in [0.4, 0.5) is 0 Å². The Morgan fingerprint density at radius 2 is 2.09 bits per heavy atom. The number of ether oxygens (including phenoxy) is 1. The van der Waals surface area contributed by atoms with Crippen LogP contribution in [0.15, 0.2) is 41.3 Å². The molecule has 0 fully saturated rings. The fourth-order valence-electron chi connectivity index (χ4n) is 2.72. The van der Waals surface area contributed by atoms with Crippen molar-refractivity contribution in [1.82, 2.24) is 9.55 Å². The highest BCUT2D eigenvalue weighted by Gasteiger charge is 2.08. The maximum atomic E-state index is 12.0. The van der Waals surface area contributed by atoms with Crippen LogP contribution in [0.3, 0.4) is 0 Å². The van der Waals surface area contributed by atoms with E-state index in [-0.39, 0.29) is 11.3 Å². The van der Waals surface area contributed by atoms with E-state index < -0.39 is 0 Å². The monoisotopic (exact) mass is 298 g/mol. The first-order chi connectivity index (χ1) is 10.6. The van der Waals surface area contributed by atoms with Crippen LogP contribution in [-0.2, 0) is 13.0 Å². The number of fused-ring (bicyclic) bond motifs is 1. The average molecular weight is 298 g/mol. The molecule has 3 rings (SSSR count). The Kier molecular flexibility index (Phi) is 3.63. The van der Waals surface area contributed by atoms with E-state index >= 15 is 0 Å². The van der Waals surface area contributed by atoms with Gasteiger partial charge in [0, 0.05) is 35.4 Å². The van der Waals surface area contributed by atoms with Gasteiger partial charge >= 0.3 is 0 Å². The highest BCUT2D eigenvalue weighted by molar-refractivity contribution is 5.84. The Morgan fingerprint density at radius 3 is 2.82 bits per heavy atom. The van der Waals surface area contributed by atoms with Crippen LogP contribution in [0.25, 0.3) is 10.9 Å². The molecule has 2 heterocycles. The second-order valence-corrected chi connectivity index (χ2v) is 5.32. The molecule has 3 aromatic rings. The zero-order chi connectivity index (χ0) is 15.7. The van der Waals surface area contributed by atoms with Gasteiger partial charge in [-0.2, -0.15) is 0 Å². The molecule has 0 bridgehead atoms. The molecule has 0 spiro atoms. The standard InChI is InChI=1S/C17H18N2O3/c1-11-7-13(20)8-17(21)19(11)6-5-12-10-18-16-4-3-14(22-2)9-15(12)16/h3-4,7-10,18,20H,5-6H2,1-2H3. The number of aromatic nitrogens is 2. The van der Waals surface area contributed by atoms with Gasteiger partial charge in [-0.1, -0.05) is 0 Å². The molecule has 5 heteroatoms. The van der Waals surface area contributed by atoms with Crippen molar-refractivity contribution in [3.8, 4) is 11.5 Å². The topological polar surface area (TPSA) is 67.2 Å². The van der Waals surface area contributed by atoms with Gasteiger partial charge in [-0.25, -0.2) is 0 Å². The lowest BCUT2D eigenvalue weighted by Crippen LogP contribution is -2.22. The normalized spacial score (nSPS) is 11.0. The summed E-state index contributed by atoms with van der Waals surface area (Å²) in [5, 5.41) is 10.5. The predicted molar refractivity (Wildman–Crippen MR) is 85.7 cm³/mol. The first kappa shape index (κ1) is 14.3. The Labute approximate surface area is 127 Å². The van der Waals surface area contributed by atoms with Gasteiger partial charge in [-0.15, -0.1) is 0 Å². The summed E-state index contributed by atoms with van der Waals surface area (Å²) in [5.41, 5.74) is 2.75. The largest absolute Gasteiger partial charge is 0.508 e. The molecule has 0 amide bonds. The molecule has 2 N–H and O–H groups in total. The number of pyridine rings is 1. The number of rotatable bonds is 4. The Bertz CT molecular complexity index is 877. The maximum Gasteiger partial charge on any atom is 0.254 e. The molecule has 22 heavy (non-hydrogen) atoms. The number of nitrogens with zero attached hydrogens (tertiary/aromatic N) is 1. The molecule has 2 aromatic heterocycles. The zero-order valence-corrected chi connectivity index (χ0v) is 12.6. The number of aryl methyl sites for hydroxylation is 2. The number of hydrogen-bond donors (Lipinski definition) is 2. The molecule has 0 radical (unpaired) electrons. The summed E-state index contributed by atoms with van der Waals surface area (Å²) in [4.78, 5) is 15.2. The van der Waals surface area contributed by atoms with Gasteiger partial charge in [0.25, 0.3) is 5.56 Å². The van der Waals surface area contributed by atoms with Gasteiger partial charge in [-0.3, -0.25) is 4.79 Å². The second kappa shape index (κ2) is 5.60. The van der Waals surface area contributed by atoms with Crippen LogP contribution in [0, 0.1) is 6.92 Å². The second-order valence-electron chi connectivity index (χ2n) is 5.32. The van der Waals surface area contributed by atoms with Crippen LogP contribution in [0.5, 0.6) is 11.5 Å². The third-order valence-corrected chi connectivity index (χ3v) is 3.90. The summed E-state index contributed by atoms with van der Waals surface area (Å²) in [6.45, 7) is 2.38. The van der Waals surface area contributed by atoms with Gasteiger partial charge in [0.05, 0.1) is 7.11 Å². The fourth-order valence-corrected chi connectivity index (χ4v) is 2.72. The number of hydrogen-bond acceptors (Lipinski definition) is 3. The van der Waals surface area contributed by atoms with Gasteiger partial charge in [0.2, 0.25) is 0 Å². The lowest BCUT2D eigenvalue weighted by molar-refractivity contribution is 0.415. The molecule has 0 saturated carbocycles.